The Balaban J connectivity index is 1.08. The minimum absolute atomic E-state index is 0.0497. The van der Waals surface area contributed by atoms with E-state index in [0.29, 0.717) is 45.2 Å². The van der Waals surface area contributed by atoms with Crippen LogP contribution in [-0.2, 0) is 11.2 Å². The number of thiophene rings is 1. The summed E-state index contributed by atoms with van der Waals surface area (Å²) in [6, 6.07) is 26.4. The van der Waals surface area contributed by atoms with Crippen molar-refractivity contribution >= 4 is 85.5 Å². The van der Waals surface area contributed by atoms with E-state index in [1.165, 1.54) is 31.2 Å². The van der Waals surface area contributed by atoms with Crippen molar-refractivity contribution in [2.24, 2.45) is 0 Å². The number of hydrogen-bond donors (Lipinski definition) is 0. The molecule has 2 amide bonds. The Morgan fingerprint density at radius 3 is 2.02 bits per heavy atom. The zero-order valence-electron chi connectivity index (χ0n) is 28.4. The van der Waals surface area contributed by atoms with Gasteiger partial charge >= 0.3 is 12.1 Å². The second-order valence-electron chi connectivity index (χ2n) is 12.7. The van der Waals surface area contributed by atoms with Gasteiger partial charge in [0.25, 0.3) is 17.5 Å². The predicted molar refractivity (Wildman–Crippen MR) is 204 cm³/mol. The van der Waals surface area contributed by atoms with E-state index in [4.69, 9.17) is 25.8 Å². The first-order valence-corrected chi connectivity index (χ1v) is 18.2. The fraction of sp³-hybridized carbons (Fsp3) is 0.150. The maximum absolute atomic E-state index is 14.2. The van der Waals surface area contributed by atoms with Crippen LogP contribution in [0, 0.1) is 10.1 Å². The summed E-state index contributed by atoms with van der Waals surface area (Å²) in [7, 11) is 0. The molecule has 6 aromatic rings. The number of hydrogen-bond acceptors (Lipinski definition) is 10. The maximum atomic E-state index is 14.2. The summed E-state index contributed by atoms with van der Waals surface area (Å²) in [6.45, 7) is 2.01. The highest BCUT2D eigenvalue weighted by molar-refractivity contribution is 7.16. The highest BCUT2D eigenvalue weighted by atomic mass is 35.5. The molecule has 0 N–H and O–H groups in total. The lowest BCUT2D eigenvalue weighted by Gasteiger charge is -2.19. The summed E-state index contributed by atoms with van der Waals surface area (Å²) in [5, 5.41) is 14.0. The molecule has 8 rings (SSSR count). The molecule has 0 saturated carbocycles. The summed E-state index contributed by atoms with van der Waals surface area (Å²) in [6.07, 6.45) is -0.458. The number of alkyl halides is 1. The molecule has 1 unspecified atom stereocenters. The van der Waals surface area contributed by atoms with Gasteiger partial charge in [0.1, 0.15) is 17.2 Å². The van der Waals surface area contributed by atoms with E-state index in [0.717, 1.165) is 38.6 Å². The molecule has 2 aliphatic rings. The largest absolute Gasteiger partial charge is 0.519 e. The van der Waals surface area contributed by atoms with Crippen LogP contribution in [0.1, 0.15) is 43.3 Å². The highest BCUT2D eigenvalue weighted by Crippen LogP contribution is 2.47. The van der Waals surface area contributed by atoms with Crippen LogP contribution in [0.4, 0.5) is 21.9 Å². The Morgan fingerprint density at radius 1 is 0.778 bits per heavy atom. The number of benzene rings is 5. The molecule has 1 atom stereocenters. The van der Waals surface area contributed by atoms with Crippen LogP contribution in [0.2, 0.25) is 0 Å². The third kappa shape index (κ3) is 6.16. The average molecular weight is 762 g/mol. The first-order valence-electron chi connectivity index (χ1n) is 16.8. The van der Waals surface area contributed by atoms with Crippen molar-refractivity contribution in [3.63, 3.8) is 0 Å². The molecule has 0 aliphatic carbocycles. The van der Waals surface area contributed by atoms with Gasteiger partial charge in [0.05, 0.1) is 26.1 Å². The molecule has 14 heteroatoms. The van der Waals surface area contributed by atoms with Gasteiger partial charge < -0.3 is 24.0 Å². The number of non-ortho nitro benzene ring substituents is 1. The second-order valence-corrected chi connectivity index (χ2v) is 14.1. The normalized spacial score (nSPS) is 14.5. The standard InChI is InChI=1S/C40H28ClN3O9S/c1-22(45)51-33-18-31-27(26-6-2-3-7-28(26)33)16-17-42(31)38(46)35-14-15-36(54-35)39(47)43-21-23(20-41)37-30-9-5-4-8-29(30)34(19-32(37)43)53-40(48)52-25-12-10-24(11-13-25)44(49)50/h2-15,18-19,23H,16-17,20-21H2,1H3. The number of nitro groups is 1. The van der Waals surface area contributed by atoms with Crippen molar-refractivity contribution in [1.29, 1.82) is 0 Å². The van der Waals surface area contributed by atoms with Crippen molar-refractivity contribution < 1.29 is 38.3 Å². The van der Waals surface area contributed by atoms with Crippen LogP contribution in [-0.4, -0.2) is 47.8 Å². The number of ether oxygens (including phenoxy) is 3. The van der Waals surface area contributed by atoms with E-state index in [9.17, 15) is 29.3 Å². The van der Waals surface area contributed by atoms with E-state index < -0.39 is 17.0 Å². The van der Waals surface area contributed by atoms with E-state index in [1.54, 1.807) is 46.2 Å². The van der Waals surface area contributed by atoms with Gasteiger partial charge in [-0.1, -0.05) is 48.5 Å². The number of carbonyl (C=O) groups excluding carboxylic acids is 4. The van der Waals surface area contributed by atoms with Crippen LogP contribution >= 0.6 is 22.9 Å². The first kappa shape index (κ1) is 34.8. The summed E-state index contributed by atoms with van der Waals surface area (Å²) >= 11 is 7.54. The summed E-state index contributed by atoms with van der Waals surface area (Å²) < 4.78 is 16.5. The summed E-state index contributed by atoms with van der Waals surface area (Å²) in [5.74, 6) is -0.561. The monoisotopic (exact) mass is 761 g/mol. The molecule has 1 aromatic heterocycles. The van der Waals surface area contributed by atoms with Gasteiger partial charge in [0.2, 0.25) is 0 Å². The number of halogens is 1. The zero-order valence-corrected chi connectivity index (χ0v) is 30.0. The lowest BCUT2D eigenvalue weighted by atomic mass is 9.95. The molecular formula is C40H28ClN3O9S. The molecule has 2 aliphatic heterocycles. The number of nitrogens with zero attached hydrogens (tertiary/aromatic N) is 3. The lowest BCUT2D eigenvalue weighted by molar-refractivity contribution is -0.384. The van der Waals surface area contributed by atoms with E-state index in [-0.39, 0.29) is 47.3 Å². The number of anilines is 2. The molecule has 3 heterocycles. The molecule has 0 radical (unpaired) electrons. The minimum Gasteiger partial charge on any atom is -0.426 e. The van der Waals surface area contributed by atoms with Crippen molar-refractivity contribution in [3.8, 4) is 17.2 Å². The molecule has 5 aromatic carbocycles. The fourth-order valence-corrected chi connectivity index (χ4v) is 8.33. The Morgan fingerprint density at radius 2 is 1.37 bits per heavy atom. The average Bonchev–Trinajstić information content (AvgIpc) is 3.92. The van der Waals surface area contributed by atoms with Gasteiger partial charge in [0, 0.05) is 66.8 Å². The lowest BCUT2D eigenvalue weighted by Crippen LogP contribution is -2.29. The van der Waals surface area contributed by atoms with Gasteiger partial charge in [0.15, 0.2) is 0 Å². The number of nitro benzene ring substituents is 1. The van der Waals surface area contributed by atoms with Crippen molar-refractivity contribution in [3.05, 3.63) is 128 Å². The van der Waals surface area contributed by atoms with Crippen molar-refractivity contribution in [1.82, 2.24) is 0 Å². The Kier molecular flexibility index (Phi) is 8.96. The van der Waals surface area contributed by atoms with Crippen LogP contribution in [0.15, 0.2) is 97.1 Å². The van der Waals surface area contributed by atoms with Crippen molar-refractivity contribution in [2.75, 3.05) is 28.8 Å². The zero-order chi connectivity index (χ0) is 37.7. The Hall–Kier alpha value is -6.31. The Labute approximate surface area is 316 Å². The number of esters is 1. The number of fused-ring (bicyclic) bond motifs is 6. The van der Waals surface area contributed by atoms with E-state index in [2.05, 4.69) is 0 Å². The smallest absolute Gasteiger partial charge is 0.426 e. The molecule has 0 spiro atoms. The molecule has 270 valence electrons. The topological polar surface area (TPSA) is 146 Å². The van der Waals surface area contributed by atoms with Gasteiger partial charge in [-0.3, -0.25) is 24.5 Å². The van der Waals surface area contributed by atoms with Crippen LogP contribution in [0.5, 0.6) is 17.2 Å². The molecular weight excluding hydrogens is 734 g/mol. The minimum atomic E-state index is -1.07. The summed E-state index contributed by atoms with van der Waals surface area (Å²) in [4.78, 5) is 67.5. The van der Waals surface area contributed by atoms with E-state index >= 15 is 0 Å². The van der Waals surface area contributed by atoms with E-state index in [1.807, 2.05) is 36.4 Å². The van der Waals surface area contributed by atoms with Gasteiger partial charge in [-0.05, 0) is 52.6 Å². The maximum Gasteiger partial charge on any atom is 0.519 e. The third-order valence-corrected chi connectivity index (χ3v) is 10.9. The molecule has 54 heavy (non-hydrogen) atoms. The van der Waals surface area contributed by atoms with Crippen LogP contribution < -0.4 is 24.0 Å². The van der Waals surface area contributed by atoms with Gasteiger partial charge in [-0.15, -0.1) is 22.9 Å². The fourth-order valence-electron chi connectivity index (χ4n) is 7.18. The van der Waals surface area contributed by atoms with Crippen molar-refractivity contribution in [2.45, 2.75) is 19.3 Å². The molecule has 0 fully saturated rings. The first-order chi connectivity index (χ1) is 26.1. The SMILES string of the molecule is CC(=O)Oc1cc2c(c3ccccc13)CCN2C(=O)c1ccc(C(=O)N2CC(CCl)c3c2cc(OC(=O)Oc2ccc([N+](=O)[O-])cc2)c2ccccc32)s1. The predicted octanol–water partition coefficient (Wildman–Crippen LogP) is 8.65. The molecule has 0 saturated heterocycles. The van der Waals surface area contributed by atoms with Crippen LogP contribution in [0.3, 0.4) is 0 Å². The number of carbonyl (C=O) groups is 4. The molecule has 0 bridgehead atoms. The molecule has 12 nitrogen and oxygen atoms in total. The third-order valence-electron chi connectivity index (χ3n) is 9.50. The Bertz CT molecular complexity index is 2550. The quantitative estimate of drug-likeness (QED) is 0.0390. The van der Waals surface area contributed by atoms with Gasteiger partial charge in [-0.25, -0.2) is 4.79 Å². The number of rotatable bonds is 7. The highest BCUT2D eigenvalue weighted by Gasteiger charge is 2.37. The second kappa shape index (κ2) is 13.9. The summed E-state index contributed by atoms with van der Waals surface area (Å²) in [5.41, 5.74) is 2.79. The van der Waals surface area contributed by atoms with Gasteiger partial charge in [-0.2, -0.15) is 0 Å². The van der Waals surface area contributed by atoms with Crippen LogP contribution in [0.25, 0.3) is 21.5 Å². The number of amides is 2.